The second kappa shape index (κ2) is 8.96. The van der Waals surface area contributed by atoms with Gasteiger partial charge in [0.2, 0.25) is 0 Å². The highest BCUT2D eigenvalue weighted by Gasteiger charge is 2.14. The summed E-state index contributed by atoms with van der Waals surface area (Å²) < 4.78 is 2.36. The first-order chi connectivity index (χ1) is 19.7. The molecule has 7 aromatic rings. The van der Waals surface area contributed by atoms with E-state index >= 15 is 0 Å². The second-order valence-electron chi connectivity index (χ2n) is 10.6. The number of aromatic nitrogens is 2. The molecule has 2 aromatic heterocycles. The molecule has 0 fully saturated rings. The van der Waals surface area contributed by atoms with Crippen molar-refractivity contribution in [1.29, 1.82) is 0 Å². The number of pyridine rings is 1. The Bertz CT molecular complexity index is 2160. The number of fused-ring (bicyclic) bond motifs is 6. The van der Waals surface area contributed by atoms with Crippen molar-refractivity contribution in [3.05, 3.63) is 133 Å². The van der Waals surface area contributed by atoms with Crippen LogP contribution in [0.5, 0.6) is 0 Å². The molecule has 1 N–H and O–H groups in total. The summed E-state index contributed by atoms with van der Waals surface area (Å²) in [6.45, 7) is 0.871. The molecule has 40 heavy (non-hydrogen) atoms. The van der Waals surface area contributed by atoms with Crippen molar-refractivity contribution in [2.45, 2.75) is 0 Å². The molecular formula is C37H27N3. The Morgan fingerprint density at radius 1 is 0.600 bits per heavy atom. The van der Waals surface area contributed by atoms with Crippen molar-refractivity contribution in [3.8, 4) is 22.3 Å². The Balaban J connectivity index is 1.21. The molecule has 0 radical (unpaired) electrons. The maximum atomic E-state index is 4.15. The van der Waals surface area contributed by atoms with Crippen molar-refractivity contribution in [2.75, 3.05) is 6.54 Å². The maximum Gasteiger partial charge on any atom is 0.0568 e. The maximum absolute atomic E-state index is 4.15. The summed E-state index contributed by atoms with van der Waals surface area (Å²) in [5, 5.41) is 10.9. The second-order valence-corrected chi connectivity index (χ2v) is 10.6. The minimum absolute atomic E-state index is 0.871. The average molecular weight is 514 g/mol. The normalized spacial score (nSPS) is 13.3. The van der Waals surface area contributed by atoms with E-state index in [0.717, 1.165) is 6.54 Å². The molecule has 190 valence electrons. The lowest BCUT2D eigenvalue weighted by atomic mass is 9.96. The number of rotatable bonds is 3. The third kappa shape index (κ3) is 3.63. The highest BCUT2D eigenvalue weighted by atomic mass is 14.9. The number of nitrogens with one attached hydrogen (secondary N) is 1. The molecule has 0 spiro atoms. The number of dihydropyridines is 1. The van der Waals surface area contributed by atoms with Gasteiger partial charge < -0.3 is 9.88 Å². The summed E-state index contributed by atoms with van der Waals surface area (Å²) in [5.41, 5.74) is 9.94. The first-order valence-corrected chi connectivity index (χ1v) is 13.7. The lowest BCUT2D eigenvalue weighted by molar-refractivity contribution is 0.975. The summed E-state index contributed by atoms with van der Waals surface area (Å²) in [6.07, 6.45) is 10.1. The Hall–Kier alpha value is -5.15. The van der Waals surface area contributed by atoms with Gasteiger partial charge in [-0.25, -0.2) is 0 Å². The van der Waals surface area contributed by atoms with Crippen LogP contribution in [0.4, 0.5) is 0 Å². The fourth-order valence-electron chi connectivity index (χ4n) is 6.23. The summed E-state index contributed by atoms with van der Waals surface area (Å²) in [6, 6.07) is 35.9. The molecule has 3 heterocycles. The van der Waals surface area contributed by atoms with Crippen LogP contribution >= 0.6 is 0 Å². The fraction of sp³-hybridized carbons (Fsp3) is 0.0541. The molecule has 0 aliphatic carbocycles. The quantitative estimate of drug-likeness (QED) is 0.256. The van der Waals surface area contributed by atoms with Gasteiger partial charge in [0, 0.05) is 47.7 Å². The number of hydrogen-bond donors (Lipinski definition) is 1. The molecular weight excluding hydrogens is 486 g/mol. The lowest BCUT2D eigenvalue weighted by Gasteiger charge is -2.10. The van der Waals surface area contributed by atoms with Gasteiger partial charge in [0.1, 0.15) is 0 Å². The Kier molecular flexibility index (Phi) is 5.11. The van der Waals surface area contributed by atoms with E-state index in [9.17, 15) is 0 Å². The lowest BCUT2D eigenvalue weighted by Crippen LogP contribution is -2.08. The van der Waals surface area contributed by atoms with E-state index in [1.54, 1.807) is 0 Å². The fourth-order valence-corrected chi connectivity index (χ4v) is 6.23. The van der Waals surface area contributed by atoms with Gasteiger partial charge in [0.25, 0.3) is 0 Å². The highest BCUT2D eigenvalue weighted by molar-refractivity contribution is 6.18. The van der Waals surface area contributed by atoms with Crippen LogP contribution in [0.2, 0.25) is 0 Å². The number of hydrogen-bond acceptors (Lipinski definition) is 2. The molecule has 0 unspecified atom stereocenters. The molecule has 8 rings (SSSR count). The van der Waals surface area contributed by atoms with Gasteiger partial charge in [-0.3, -0.25) is 4.98 Å². The standard InChI is InChI=1S/C37H27N3/c1-40-36-23-31(25-14-18-39-19-15-25)7-10-34(36)35-11-8-32-22-30(6-9-33(32)37(35)40)29-5-4-27-20-26(2-3-28(27)21-29)24-12-16-38-17-13-24/h2-18,20-23,39H,19H2,1H3. The Morgan fingerprint density at radius 2 is 1.23 bits per heavy atom. The average Bonchev–Trinajstić information content (AvgIpc) is 3.32. The van der Waals surface area contributed by atoms with Crippen LogP contribution in [0.15, 0.2) is 128 Å². The summed E-state index contributed by atoms with van der Waals surface area (Å²) in [7, 11) is 2.19. The van der Waals surface area contributed by atoms with Crippen molar-refractivity contribution in [3.63, 3.8) is 0 Å². The van der Waals surface area contributed by atoms with Gasteiger partial charge in [-0.05, 0) is 98.2 Å². The zero-order chi connectivity index (χ0) is 26.6. The van der Waals surface area contributed by atoms with Crippen LogP contribution in [-0.2, 0) is 7.05 Å². The first-order valence-electron chi connectivity index (χ1n) is 13.7. The molecule has 3 nitrogen and oxygen atoms in total. The number of nitrogens with zero attached hydrogens (tertiary/aromatic N) is 2. The van der Waals surface area contributed by atoms with E-state index < -0.39 is 0 Å². The molecule has 0 saturated heterocycles. The zero-order valence-electron chi connectivity index (χ0n) is 22.2. The van der Waals surface area contributed by atoms with Crippen LogP contribution in [0.25, 0.3) is 71.2 Å². The van der Waals surface area contributed by atoms with Crippen LogP contribution in [0, 0.1) is 0 Å². The Labute approximate surface area is 232 Å². The summed E-state index contributed by atoms with van der Waals surface area (Å²) in [5.74, 6) is 0. The van der Waals surface area contributed by atoms with Crippen molar-refractivity contribution in [1.82, 2.24) is 14.9 Å². The van der Waals surface area contributed by atoms with Crippen LogP contribution in [0.3, 0.4) is 0 Å². The highest BCUT2D eigenvalue weighted by Crippen LogP contribution is 2.37. The summed E-state index contributed by atoms with van der Waals surface area (Å²) in [4.78, 5) is 4.15. The minimum Gasteiger partial charge on any atom is -0.387 e. The molecule has 0 saturated carbocycles. The third-order valence-electron chi connectivity index (χ3n) is 8.32. The predicted octanol–water partition coefficient (Wildman–Crippen LogP) is 8.87. The SMILES string of the molecule is Cn1c2cc(C3=CCNC=C3)ccc2c2ccc3cc(-c4ccc5cc(-c6ccncc6)ccc5c4)ccc3c21. The zero-order valence-corrected chi connectivity index (χ0v) is 22.2. The molecule has 0 bridgehead atoms. The van der Waals surface area contributed by atoms with Crippen LogP contribution in [0.1, 0.15) is 5.56 Å². The monoisotopic (exact) mass is 513 g/mol. The largest absolute Gasteiger partial charge is 0.387 e. The molecule has 3 heteroatoms. The molecule has 1 aliphatic heterocycles. The van der Waals surface area contributed by atoms with Gasteiger partial charge in [0.15, 0.2) is 0 Å². The Morgan fingerprint density at radius 3 is 1.98 bits per heavy atom. The molecule has 1 aliphatic rings. The number of benzene rings is 5. The smallest absolute Gasteiger partial charge is 0.0568 e. The van der Waals surface area contributed by atoms with E-state index in [4.69, 9.17) is 0 Å². The molecule has 0 amide bonds. The third-order valence-corrected chi connectivity index (χ3v) is 8.32. The van der Waals surface area contributed by atoms with Crippen molar-refractivity contribution in [2.24, 2.45) is 7.05 Å². The van der Waals surface area contributed by atoms with E-state index in [0.29, 0.717) is 0 Å². The van der Waals surface area contributed by atoms with E-state index in [-0.39, 0.29) is 0 Å². The predicted molar refractivity (Wildman–Crippen MR) is 169 cm³/mol. The van der Waals surface area contributed by atoms with Crippen molar-refractivity contribution < 1.29 is 0 Å². The topological polar surface area (TPSA) is 29.9 Å². The molecule has 0 atom stereocenters. The summed E-state index contributed by atoms with van der Waals surface area (Å²) >= 11 is 0. The number of allylic oxidation sites excluding steroid dienone is 2. The van der Waals surface area contributed by atoms with E-state index in [1.807, 2.05) is 18.6 Å². The van der Waals surface area contributed by atoms with Gasteiger partial charge in [-0.1, -0.05) is 66.7 Å². The number of aryl methyl sites for hydroxylation is 1. The van der Waals surface area contributed by atoms with Crippen LogP contribution in [-0.4, -0.2) is 16.1 Å². The van der Waals surface area contributed by atoms with Crippen LogP contribution < -0.4 is 5.32 Å². The van der Waals surface area contributed by atoms with E-state index in [2.05, 4.69) is 131 Å². The van der Waals surface area contributed by atoms with Crippen molar-refractivity contribution >= 4 is 48.9 Å². The molecule has 5 aromatic carbocycles. The van der Waals surface area contributed by atoms with Gasteiger partial charge >= 0.3 is 0 Å². The minimum atomic E-state index is 0.871. The van der Waals surface area contributed by atoms with Gasteiger partial charge in [-0.2, -0.15) is 0 Å². The van der Waals surface area contributed by atoms with E-state index in [1.165, 1.54) is 76.7 Å². The first kappa shape index (κ1) is 22.8. The van der Waals surface area contributed by atoms with Gasteiger partial charge in [-0.15, -0.1) is 0 Å². The van der Waals surface area contributed by atoms with Gasteiger partial charge in [0.05, 0.1) is 5.52 Å².